The Hall–Kier alpha value is -1.99. The molecule has 0 bridgehead atoms. The van der Waals surface area contributed by atoms with E-state index in [0.717, 1.165) is 24.3 Å². The highest BCUT2D eigenvalue weighted by molar-refractivity contribution is 5.96. The Bertz CT molecular complexity index is 828. The average molecular weight is 355 g/mol. The number of rotatable bonds is 2. The van der Waals surface area contributed by atoms with Crippen LogP contribution in [0.5, 0.6) is 0 Å². The van der Waals surface area contributed by atoms with Gasteiger partial charge in [0, 0.05) is 31.9 Å². The third kappa shape index (κ3) is 2.61. The van der Waals surface area contributed by atoms with Gasteiger partial charge in [-0.2, -0.15) is 0 Å². The van der Waals surface area contributed by atoms with Crippen LogP contribution >= 0.6 is 0 Å². The number of imidazole rings is 1. The zero-order valence-electron chi connectivity index (χ0n) is 15.2. The molecule has 0 spiro atoms. The van der Waals surface area contributed by atoms with Gasteiger partial charge in [0.2, 0.25) is 0 Å². The third-order valence-electron chi connectivity index (χ3n) is 6.24. The van der Waals surface area contributed by atoms with Crippen LogP contribution in [-0.4, -0.2) is 75.7 Å². The van der Waals surface area contributed by atoms with E-state index in [4.69, 9.17) is 4.74 Å². The fourth-order valence-corrected chi connectivity index (χ4v) is 4.69. The lowest BCUT2D eigenvalue weighted by molar-refractivity contribution is -0.0368. The lowest BCUT2D eigenvalue weighted by atomic mass is 10.1. The van der Waals surface area contributed by atoms with Crippen LogP contribution in [0, 0.1) is 0 Å². The second-order valence-electron chi connectivity index (χ2n) is 7.82. The normalized spacial score (nSPS) is 27.3. The van der Waals surface area contributed by atoms with Gasteiger partial charge in [-0.05, 0) is 26.0 Å². The first-order chi connectivity index (χ1) is 12.7. The average Bonchev–Trinajstić information content (AvgIpc) is 3.39. The number of ether oxygens (including phenoxy) is 1. The smallest absolute Gasteiger partial charge is 0.255 e. The zero-order chi connectivity index (χ0) is 17.7. The van der Waals surface area contributed by atoms with Crippen LogP contribution in [0.1, 0.15) is 42.1 Å². The van der Waals surface area contributed by atoms with Gasteiger partial charge >= 0.3 is 0 Å². The van der Waals surface area contributed by atoms with Gasteiger partial charge in [0.05, 0.1) is 30.6 Å². The summed E-state index contributed by atoms with van der Waals surface area (Å²) >= 11 is 0. The molecule has 2 saturated heterocycles. The molecule has 26 heavy (non-hydrogen) atoms. The molecular weight excluding hydrogens is 330 g/mol. The molecule has 2 aromatic heterocycles. The molecule has 4 heterocycles. The minimum absolute atomic E-state index is 0.0289. The number of hydrogen-bond donors (Lipinski definition) is 0. The van der Waals surface area contributed by atoms with E-state index < -0.39 is 0 Å². The topological polar surface area (TPSA) is 63.5 Å². The summed E-state index contributed by atoms with van der Waals surface area (Å²) in [4.78, 5) is 26.3. The van der Waals surface area contributed by atoms with Gasteiger partial charge in [-0.15, -0.1) is 0 Å². The Morgan fingerprint density at radius 2 is 2.08 bits per heavy atom. The summed E-state index contributed by atoms with van der Waals surface area (Å²) < 4.78 is 8.04. The summed E-state index contributed by atoms with van der Waals surface area (Å²) in [6.07, 6.45) is 8.65. The summed E-state index contributed by atoms with van der Waals surface area (Å²) in [5.41, 5.74) is 2.33. The molecule has 0 N–H and O–H groups in total. The second kappa shape index (κ2) is 6.32. The van der Waals surface area contributed by atoms with Gasteiger partial charge in [-0.1, -0.05) is 12.8 Å². The summed E-state index contributed by atoms with van der Waals surface area (Å²) in [7, 11) is 2.11. The molecule has 1 saturated carbocycles. The van der Waals surface area contributed by atoms with Crippen molar-refractivity contribution < 1.29 is 9.53 Å². The first-order valence-electron chi connectivity index (χ1n) is 9.64. The van der Waals surface area contributed by atoms with Crippen molar-refractivity contribution in [1.82, 2.24) is 24.3 Å². The highest BCUT2D eigenvalue weighted by atomic mass is 16.5. The number of carbonyl (C=O) groups is 1. The highest BCUT2D eigenvalue weighted by Gasteiger charge is 2.40. The van der Waals surface area contributed by atoms with Crippen molar-refractivity contribution in [2.24, 2.45) is 0 Å². The summed E-state index contributed by atoms with van der Waals surface area (Å²) in [5, 5.41) is 0. The zero-order valence-corrected chi connectivity index (χ0v) is 15.2. The van der Waals surface area contributed by atoms with Crippen LogP contribution in [-0.2, 0) is 4.74 Å². The van der Waals surface area contributed by atoms with Crippen molar-refractivity contribution in [3.05, 3.63) is 24.2 Å². The Labute approximate surface area is 152 Å². The SMILES string of the molecule is CN1CCO[C@H]2CN(C(=O)c3cnc4c(c3)ncn4C3CCCC3)C[C@@H]21. The predicted octanol–water partition coefficient (Wildman–Crippen LogP) is 1.70. The van der Waals surface area contributed by atoms with Gasteiger partial charge in [0.15, 0.2) is 5.65 Å². The Balaban J connectivity index is 1.38. The van der Waals surface area contributed by atoms with Crippen LogP contribution in [0.25, 0.3) is 11.2 Å². The minimum atomic E-state index is 0.0289. The van der Waals surface area contributed by atoms with Crippen LogP contribution in [0.3, 0.4) is 0 Å². The number of likely N-dealkylation sites (N-methyl/N-ethyl adjacent to an activating group) is 1. The molecule has 2 atom stereocenters. The van der Waals surface area contributed by atoms with E-state index >= 15 is 0 Å². The molecule has 0 radical (unpaired) electrons. The Morgan fingerprint density at radius 3 is 2.88 bits per heavy atom. The monoisotopic (exact) mass is 355 g/mol. The number of pyridine rings is 1. The van der Waals surface area contributed by atoms with Gasteiger partial charge in [-0.25, -0.2) is 9.97 Å². The number of morpholine rings is 1. The fourth-order valence-electron chi connectivity index (χ4n) is 4.69. The van der Waals surface area contributed by atoms with E-state index in [9.17, 15) is 4.79 Å². The predicted molar refractivity (Wildman–Crippen MR) is 97.1 cm³/mol. The van der Waals surface area contributed by atoms with Crippen LogP contribution in [0.2, 0.25) is 0 Å². The first-order valence-corrected chi connectivity index (χ1v) is 9.64. The molecule has 0 unspecified atom stereocenters. The standard InChI is InChI=1S/C19H25N5O2/c1-22-6-7-26-17-11-23(10-16(17)22)19(25)13-8-15-18(20-9-13)24(12-21-15)14-4-2-3-5-14/h8-9,12,14,16-17H,2-7,10-11H2,1H3/t16-,17-/m0/s1. The largest absolute Gasteiger partial charge is 0.373 e. The van der Waals surface area contributed by atoms with Crippen molar-refractivity contribution in [2.75, 3.05) is 33.3 Å². The molecule has 1 amide bonds. The molecule has 7 heteroatoms. The molecule has 3 fully saturated rings. The highest BCUT2D eigenvalue weighted by Crippen LogP contribution is 2.31. The second-order valence-corrected chi connectivity index (χ2v) is 7.82. The van der Waals surface area contributed by atoms with Crippen LogP contribution in [0.15, 0.2) is 18.6 Å². The number of nitrogens with zero attached hydrogens (tertiary/aromatic N) is 5. The Morgan fingerprint density at radius 1 is 1.23 bits per heavy atom. The maximum Gasteiger partial charge on any atom is 0.255 e. The number of likely N-dealkylation sites (tertiary alicyclic amines) is 1. The van der Waals surface area contributed by atoms with E-state index in [0.29, 0.717) is 30.7 Å². The molecule has 2 aromatic rings. The van der Waals surface area contributed by atoms with E-state index in [2.05, 4.69) is 26.5 Å². The number of hydrogen-bond acceptors (Lipinski definition) is 5. The van der Waals surface area contributed by atoms with Gasteiger partial charge < -0.3 is 14.2 Å². The van der Waals surface area contributed by atoms with E-state index in [1.165, 1.54) is 25.7 Å². The number of amides is 1. The van der Waals surface area contributed by atoms with Gasteiger partial charge in [0.25, 0.3) is 5.91 Å². The Kier molecular flexibility index (Phi) is 3.94. The fraction of sp³-hybridized carbons (Fsp3) is 0.632. The molecule has 5 rings (SSSR count). The van der Waals surface area contributed by atoms with E-state index in [-0.39, 0.29) is 12.0 Å². The third-order valence-corrected chi connectivity index (χ3v) is 6.24. The van der Waals surface area contributed by atoms with Crippen molar-refractivity contribution in [3.63, 3.8) is 0 Å². The molecule has 138 valence electrons. The molecular formula is C19H25N5O2. The lowest BCUT2D eigenvalue weighted by Gasteiger charge is -2.33. The van der Waals surface area contributed by atoms with Gasteiger partial charge in [0.1, 0.15) is 5.52 Å². The maximum absolute atomic E-state index is 13.0. The quantitative estimate of drug-likeness (QED) is 0.820. The number of aromatic nitrogens is 3. The summed E-state index contributed by atoms with van der Waals surface area (Å²) in [5.74, 6) is 0.0289. The summed E-state index contributed by atoms with van der Waals surface area (Å²) in [6, 6.07) is 2.69. The van der Waals surface area contributed by atoms with Crippen molar-refractivity contribution >= 4 is 17.1 Å². The van der Waals surface area contributed by atoms with Crippen LogP contribution in [0.4, 0.5) is 0 Å². The van der Waals surface area contributed by atoms with Gasteiger partial charge in [-0.3, -0.25) is 9.69 Å². The number of carbonyl (C=O) groups excluding carboxylic acids is 1. The molecule has 7 nitrogen and oxygen atoms in total. The summed E-state index contributed by atoms with van der Waals surface area (Å²) in [6.45, 7) is 3.04. The minimum Gasteiger partial charge on any atom is -0.373 e. The molecule has 0 aromatic carbocycles. The number of fused-ring (bicyclic) bond motifs is 2. The van der Waals surface area contributed by atoms with Crippen molar-refractivity contribution in [1.29, 1.82) is 0 Å². The van der Waals surface area contributed by atoms with E-state index in [1.54, 1.807) is 6.20 Å². The molecule has 3 aliphatic rings. The maximum atomic E-state index is 13.0. The van der Waals surface area contributed by atoms with Crippen molar-refractivity contribution in [3.8, 4) is 0 Å². The van der Waals surface area contributed by atoms with Crippen molar-refractivity contribution in [2.45, 2.75) is 43.9 Å². The lowest BCUT2D eigenvalue weighted by Crippen LogP contribution is -2.48. The first kappa shape index (κ1) is 16.2. The molecule has 2 aliphatic heterocycles. The molecule has 1 aliphatic carbocycles. The van der Waals surface area contributed by atoms with E-state index in [1.807, 2.05) is 17.3 Å². The van der Waals surface area contributed by atoms with Crippen LogP contribution < -0.4 is 0 Å².